The molecule has 1 heterocycles. The molecule has 0 aliphatic carbocycles. The van der Waals surface area contributed by atoms with Crippen molar-refractivity contribution in [3.8, 4) is 0 Å². The SMILES string of the molecule is O=C(CCCc1ccc(Br)s1)N[C@H](C(=O)O)c1ccccc1. The first-order valence-corrected chi connectivity index (χ1v) is 8.48. The van der Waals surface area contributed by atoms with Crippen LogP contribution in [0.5, 0.6) is 0 Å². The molecule has 4 nitrogen and oxygen atoms in total. The van der Waals surface area contributed by atoms with Gasteiger partial charge in [-0.15, -0.1) is 11.3 Å². The second kappa shape index (κ2) is 8.10. The number of halogens is 1. The third kappa shape index (κ3) is 4.96. The van der Waals surface area contributed by atoms with E-state index in [1.54, 1.807) is 35.6 Å². The van der Waals surface area contributed by atoms with E-state index in [4.69, 9.17) is 0 Å². The van der Waals surface area contributed by atoms with E-state index in [2.05, 4.69) is 21.2 Å². The van der Waals surface area contributed by atoms with E-state index >= 15 is 0 Å². The van der Waals surface area contributed by atoms with Crippen molar-refractivity contribution >= 4 is 39.1 Å². The van der Waals surface area contributed by atoms with E-state index in [1.165, 1.54) is 4.88 Å². The first-order chi connectivity index (χ1) is 10.6. The first-order valence-electron chi connectivity index (χ1n) is 6.87. The molecule has 0 fully saturated rings. The molecule has 1 amide bonds. The molecule has 0 saturated heterocycles. The Morgan fingerprint density at radius 1 is 1.18 bits per heavy atom. The highest BCUT2D eigenvalue weighted by atomic mass is 79.9. The van der Waals surface area contributed by atoms with Gasteiger partial charge >= 0.3 is 5.97 Å². The molecule has 1 atom stereocenters. The summed E-state index contributed by atoms with van der Waals surface area (Å²) in [6, 6.07) is 11.7. The average molecular weight is 382 g/mol. The molecular formula is C16H16BrNO3S. The van der Waals surface area contributed by atoms with Crippen molar-refractivity contribution in [2.45, 2.75) is 25.3 Å². The zero-order chi connectivity index (χ0) is 15.9. The smallest absolute Gasteiger partial charge is 0.330 e. The van der Waals surface area contributed by atoms with Crippen LogP contribution < -0.4 is 5.32 Å². The second-order valence-electron chi connectivity index (χ2n) is 4.81. The monoisotopic (exact) mass is 381 g/mol. The van der Waals surface area contributed by atoms with E-state index in [0.29, 0.717) is 18.4 Å². The van der Waals surface area contributed by atoms with Crippen LogP contribution in [-0.2, 0) is 16.0 Å². The number of rotatable bonds is 7. The van der Waals surface area contributed by atoms with E-state index < -0.39 is 12.0 Å². The van der Waals surface area contributed by atoms with Crippen LogP contribution in [0.15, 0.2) is 46.3 Å². The van der Waals surface area contributed by atoms with Crippen molar-refractivity contribution in [1.82, 2.24) is 5.32 Å². The Hall–Kier alpha value is -1.66. The van der Waals surface area contributed by atoms with E-state index in [0.717, 1.165) is 10.2 Å². The summed E-state index contributed by atoms with van der Waals surface area (Å²) in [7, 11) is 0. The highest BCUT2D eigenvalue weighted by molar-refractivity contribution is 9.11. The van der Waals surface area contributed by atoms with E-state index in [9.17, 15) is 14.7 Å². The van der Waals surface area contributed by atoms with Crippen molar-refractivity contribution in [2.24, 2.45) is 0 Å². The highest BCUT2D eigenvalue weighted by Gasteiger charge is 2.21. The Labute approximate surface area is 141 Å². The van der Waals surface area contributed by atoms with Crippen LogP contribution in [0.4, 0.5) is 0 Å². The summed E-state index contributed by atoms with van der Waals surface area (Å²) in [4.78, 5) is 24.5. The van der Waals surface area contributed by atoms with Crippen molar-refractivity contribution in [3.05, 3.63) is 56.7 Å². The maximum atomic E-state index is 11.9. The number of hydrogen-bond acceptors (Lipinski definition) is 3. The zero-order valence-corrected chi connectivity index (χ0v) is 14.2. The molecule has 2 aromatic rings. The maximum absolute atomic E-state index is 11.9. The number of aryl methyl sites for hydroxylation is 1. The van der Waals surface area contributed by atoms with Gasteiger partial charge in [-0.3, -0.25) is 4.79 Å². The van der Waals surface area contributed by atoms with Gasteiger partial charge in [-0.1, -0.05) is 30.3 Å². The minimum absolute atomic E-state index is 0.244. The molecule has 116 valence electrons. The van der Waals surface area contributed by atoms with Crippen molar-refractivity contribution in [3.63, 3.8) is 0 Å². The fourth-order valence-electron chi connectivity index (χ4n) is 2.08. The number of carboxylic acid groups (broad SMARTS) is 1. The van der Waals surface area contributed by atoms with Crippen LogP contribution in [-0.4, -0.2) is 17.0 Å². The number of nitrogens with one attached hydrogen (secondary N) is 1. The lowest BCUT2D eigenvalue weighted by Gasteiger charge is -2.14. The molecule has 2 N–H and O–H groups in total. The van der Waals surface area contributed by atoms with Crippen LogP contribution in [0, 0.1) is 0 Å². The molecular weight excluding hydrogens is 366 g/mol. The van der Waals surface area contributed by atoms with E-state index in [1.807, 2.05) is 18.2 Å². The minimum Gasteiger partial charge on any atom is -0.479 e. The predicted octanol–water partition coefficient (Wildman–Crippen LogP) is 3.78. The van der Waals surface area contributed by atoms with Crippen LogP contribution >= 0.6 is 27.3 Å². The molecule has 0 bridgehead atoms. The van der Waals surface area contributed by atoms with Crippen LogP contribution in [0.3, 0.4) is 0 Å². The molecule has 1 aromatic carbocycles. The summed E-state index contributed by atoms with van der Waals surface area (Å²) in [6.45, 7) is 0. The zero-order valence-electron chi connectivity index (χ0n) is 11.8. The third-order valence-electron chi connectivity index (χ3n) is 3.14. The molecule has 22 heavy (non-hydrogen) atoms. The van der Waals surface area contributed by atoms with Gasteiger partial charge in [-0.05, 0) is 46.5 Å². The average Bonchev–Trinajstić information content (AvgIpc) is 2.91. The fraction of sp³-hybridized carbons (Fsp3) is 0.250. The summed E-state index contributed by atoms with van der Waals surface area (Å²) in [5.74, 6) is -1.30. The van der Waals surface area contributed by atoms with Gasteiger partial charge in [0.1, 0.15) is 0 Å². The van der Waals surface area contributed by atoms with E-state index in [-0.39, 0.29) is 5.91 Å². The Bertz CT molecular complexity index is 642. The summed E-state index contributed by atoms with van der Waals surface area (Å²) in [5.41, 5.74) is 0.575. The summed E-state index contributed by atoms with van der Waals surface area (Å²) in [6.07, 6.45) is 1.82. The van der Waals surface area contributed by atoms with Gasteiger partial charge in [0.15, 0.2) is 6.04 Å². The molecule has 6 heteroatoms. The standard InChI is InChI=1S/C16H16BrNO3S/c17-13-10-9-12(22-13)7-4-8-14(19)18-15(16(20)21)11-5-2-1-3-6-11/h1-3,5-6,9-10,15H,4,7-8H2,(H,18,19)(H,20,21)/t15-/m0/s1. The molecule has 0 aliphatic rings. The molecule has 1 aromatic heterocycles. The number of amides is 1. The number of hydrogen-bond donors (Lipinski definition) is 2. The van der Waals surface area contributed by atoms with Gasteiger partial charge in [0.05, 0.1) is 3.79 Å². The molecule has 0 aliphatic heterocycles. The lowest BCUT2D eigenvalue weighted by atomic mass is 10.1. The Morgan fingerprint density at radius 3 is 2.50 bits per heavy atom. The predicted molar refractivity (Wildman–Crippen MR) is 89.9 cm³/mol. The molecule has 0 radical (unpaired) electrons. The van der Waals surface area contributed by atoms with Crippen molar-refractivity contribution in [2.75, 3.05) is 0 Å². The third-order valence-corrected chi connectivity index (χ3v) is 4.82. The number of benzene rings is 1. The van der Waals surface area contributed by atoms with Crippen LogP contribution in [0.1, 0.15) is 29.3 Å². The number of carbonyl (C=O) groups excluding carboxylic acids is 1. The lowest BCUT2D eigenvalue weighted by molar-refractivity contribution is -0.142. The minimum atomic E-state index is -1.05. The van der Waals surface area contributed by atoms with Gasteiger partial charge in [-0.25, -0.2) is 4.79 Å². The summed E-state index contributed by atoms with van der Waals surface area (Å²) >= 11 is 5.05. The quantitative estimate of drug-likeness (QED) is 0.766. The first kappa shape index (κ1) is 16.7. The van der Waals surface area contributed by atoms with Gasteiger partial charge in [0.25, 0.3) is 0 Å². The largest absolute Gasteiger partial charge is 0.479 e. The van der Waals surface area contributed by atoms with Gasteiger partial charge < -0.3 is 10.4 Å². The molecule has 0 spiro atoms. The highest BCUT2D eigenvalue weighted by Crippen LogP contribution is 2.23. The molecule has 0 unspecified atom stereocenters. The van der Waals surface area contributed by atoms with Gasteiger partial charge in [0, 0.05) is 11.3 Å². The second-order valence-corrected chi connectivity index (χ2v) is 7.36. The maximum Gasteiger partial charge on any atom is 0.330 e. The van der Waals surface area contributed by atoms with Crippen molar-refractivity contribution in [1.29, 1.82) is 0 Å². The van der Waals surface area contributed by atoms with Crippen LogP contribution in [0.25, 0.3) is 0 Å². The fourth-order valence-corrected chi connectivity index (χ4v) is 3.60. The number of carbonyl (C=O) groups is 2. The number of thiophene rings is 1. The Morgan fingerprint density at radius 2 is 1.91 bits per heavy atom. The normalized spacial score (nSPS) is 11.9. The Balaban J connectivity index is 1.85. The van der Waals surface area contributed by atoms with Crippen LogP contribution in [0.2, 0.25) is 0 Å². The summed E-state index contributed by atoms with van der Waals surface area (Å²) in [5, 5.41) is 11.8. The number of carboxylic acids is 1. The van der Waals surface area contributed by atoms with Crippen molar-refractivity contribution < 1.29 is 14.7 Å². The Kier molecular flexibility index (Phi) is 6.15. The van der Waals surface area contributed by atoms with Gasteiger partial charge in [0.2, 0.25) is 5.91 Å². The topological polar surface area (TPSA) is 66.4 Å². The molecule has 0 saturated carbocycles. The molecule has 2 rings (SSSR count). The number of aliphatic carboxylic acids is 1. The lowest BCUT2D eigenvalue weighted by Crippen LogP contribution is -2.33. The van der Waals surface area contributed by atoms with Gasteiger partial charge in [-0.2, -0.15) is 0 Å². The summed E-state index contributed by atoms with van der Waals surface area (Å²) < 4.78 is 1.07.